The Morgan fingerprint density at radius 3 is 2.49 bits per heavy atom. The number of amides is 1. The molecule has 0 aromatic carbocycles. The van der Waals surface area contributed by atoms with E-state index in [0.717, 1.165) is 69.9 Å². The molecular formula is C37H53N3O5. The molecule has 0 unspecified atom stereocenters. The van der Waals surface area contributed by atoms with Gasteiger partial charge >= 0.3 is 11.9 Å². The largest absolute Gasteiger partial charge is 0.467 e. The Morgan fingerprint density at radius 2 is 1.82 bits per heavy atom. The van der Waals surface area contributed by atoms with Crippen molar-refractivity contribution in [1.29, 1.82) is 0 Å². The van der Waals surface area contributed by atoms with Gasteiger partial charge < -0.3 is 19.8 Å². The Balaban J connectivity index is 1.21. The highest BCUT2D eigenvalue weighted by Crippen LogP contribution is 2.78. The van der Waals surface area contributed by atoms with E-state index >= 15 is 0 Å². The number of allylic oxidation sites excluding steroid dienone is 1. The van der Waals surface area contributed by atoms with Gasteiger partial charge in [0, 0.05) is 18.3 Å². The predicted octanol–water partition coefficient (Wildman–Crippen LogP) is 6.17. The van der Waals surface area contributed by atoms with Crippen LogP contribution in [0.4, 0.5) is 0 Å². The van der Waals surface area contributed by atoms with Crippen LogP contribution in [0.3, 0.4) is 0 Å². The van der Waals surface area contributed by atoms with E-state index < -0.39 is 17.4 Å². The minimum atomic E-state index is -0.770. The normalized spacial score (nSPS) is 46.9. The zero-order valence-electron chi connectivity index (χ0n) is 28.2. The summed E-state index contributed by atoms with van der Waals surface area (Å²) in [5.74, 6) is 1.38. The third-order valence-electron chi connectivity index (χ3n) is 15.6. The summed E-state index contributed by atoms with van der Waals surface area (Å²) < 4.78 is 10.8. The molecule has 1 saturated heterocycles. The van der Waals surface area contributed by atoms with Gasteiger partial charge in [0.2, 0.25) is 5.91 Å². The second kappa shape index (κ2) is 10.2. The van der Waals surface area contributed by atoms with Gasteiger partial charge in [-0.15, -0.1) is 0 Å². The minimum Gasteiger partial charge on any atom is -0.467 e. The number of rotatable bonds is 6. The van der Waals surface area contributed by atoms with Crippen LogP contribution >= 0.6 is 0 Å². The summed E-state index contributed by atoms with van der Waals surface area (Å²) in [5, 5.41) is 3.20. The predicted molar refractivity (Wildman–Crippen MR) is 169 cm³/mol. The van der Waals surface area contributed by atoms with E-state index in [9.17, 15) is 14.4 Å². The summed E-state index contributed by atoms with van der Waals surface area (Å²) in [7, 11) is 1.38. The number of methoxy groups -OCH3 is 1. The van der Waals surface area contributed by atoms with Crippen LogP contribution < -0.4 is 5.32 Å². The number of H-pyrrole nitrogens is 1. The molecule has 1 amide bonds. The van der Waals surface area contributed by atoms with Crippen LogP contribution in [0.1, 0.15) is 105 Å². The Morgan fingerprint density at radius 1 is 1.04 bits per heavy atom. The molecule has 45 heavy (non-hydrogen) atoms. The molecule has 1 aromatic heterocycles. The molecule has 0 bridgehead atoms. The van der Waals surface area contributed by atoms with Crippen LogP contribution in [0.25, 0.3) is 0 Å². The quantitative estimate of drug-likeness (QED) is 0.291. The van der Waals surface area contributed by atoms with E-state index in [0.29, 0.717) is 24.2 Å². The minimum absolute atomic E-state index is 0.00547. The number of carbonyl (C=O) groups is 3. The van der Waals surface area contributed by atoms with Gasteiger partial charge in [0.1, 0.15) is 17.6 Å². The molecule has 12 atom stereocenters. The summed E-state index contributed by atoms with van der Waals surface area (Å²) in [6.45, 7) is 16.5. The van der Waals surface area contributed by atoms with E-state index in [2.05, 4.69) is 56.5 Å². The first kappa shape index (κ1) is 31.0. The third-order valence-corrected chi connectivity index (χ3v) is 15.6. The highest BCUT2D eigenvalue weighted by atomic mass is 16.6. The van der Waals surface area contributed by atoms with Gasteiger partial charge in [-0.3, -0.25) is 9.59 Å². The number of esters is 2. The van der Waals surface area contributed by atoms with Crippen LogP contribution in [0.15, 0.2) is 24.7 Å². The van der Waals surface area contributed by atoms with Gasteiger partial charge in [-0.2, -0.15) is 0 Å². The highest BCUT2D eigenvalue weighted by molar-refractivity contribution is 5.89. The smallest absolute Gasteiger partial charge is 0.328 e. The molecule has 0 spiro atoms. The van der Waals surface area contributed by atoms with Crippen LogP contribution in [0.2, 0.25) is 0 Å². The number of nitrogens with zero attached hydrogens (tertiary/aromatic N) is 1. The summed E-state index contributed by atoms with van der Waals surface area (Å²) in [6, 6.07) is -0.770. The Bertz CT molecular complexity index is 1410. The zero-order chi connectivity index (χ0) is 32.2. The third kappa shape index (κ3) is 3.95. The molecule has 1 aromatic rings. The maximum atomic E-state index is 14.6. The number of aromatic amines is 1. The molecule has 246 valence electrons. The number of fused-ring (bicyclic) bond motifs is 9. The maximum Gasteiger partial charge on any atom is 0.328 e. The van der Waals surface area contributed by atoms with Crippen molar-refractivity contribution >= 4 is 17.8 Å². The lowest BCUT2D eigenvalue weighted by molar-refractivity contribution is -0.279. The van der Waals surface area contributed by atoms with Crippen LogP contribution in [-0.2, 0) is 30.3 Å². The maximum absolute atomic E-state index is 14.6. The van der Waals surface area contributed by atoms with Crippen LogP contribution in [0, 0.1) is 56.7 Å². The molecule has 2 N–H and O–H groups in total. The molecule has 6 aliphatic rings. The summed E-state index contributed by atoms with van der Waals surface area (Å²) in [4.78, 5) is 47.7. The number of aromatic nitrogens is 2. The molecule has 2 heterocycles. The van der Waals surface area contributed by atoms with E-state index in [1.54, 1.807) is 12.5 Å². The van der Waals surface area contributed by atoms with E-state index in [4.69, 9.17) is 9.47 Å². The van der Waals surface area contributed by atoms with Gasteiger partial charge in [-0.1, -0.05) is 32.9 Å². The lowest BCUT2D eigenvalue weighted by Crippen LogP contribution is -2.71. The molecule has 8 heteroatoms. The lowest BCUT2D eigenvalue weighted by Gasteiger charge is -2.73. The summed E-state index contributed by atoms with van der Waals surface area (Å²) in [6.07, 6.45) is 13.8. The SMILES string of the molecule is C=C(C)[C@@H]1CC[C@]2(C(=O)N[C@@H](Cc3cnc[nH]3)C(=O)OC)CC[C@]3(C)[C@H](CC[C@@H]4[C@@]5(C)CC[C@H]6OC(=O)[C@@]6(C)[C@@H]5CC[C@]43C)[C@@H]12. The zero-order valence-corrected chi connectivity index (χ0v) is 28.2. The number of imidazole rings is 1. The second-order valence-electron chi connectivity index (χ2n) is 16.9. The number of ether oxygens (including phenoxy) is 2. The molecule has 1 aliphatic heterocycles. The van der Waals surface area contributed by atoms with Gasteiger partial charge in [0.05, 0.1) is 18.9 Å². The van der Waals surface area contributed by atoms with Crippen molar-refractivity contribution in [3.63, 3.8) is 0 Å². The summed E-state index contributed by atoms with van der Waals surface area (Å²) in [5.41, 5.74) is 1.41. The van der Waals surface area contributed by atoms with Crippen molar-refractivity contribution in [3.05, 3.63) is 30.4 Å². The molecule has 5 saturated carbocycles. The van der Waals surface area contributed by atoms with Crippen molar-refractivity contribution in [2.24, 2.45) is 56.7 Å². The Labute approximate surface area is 268 Å². The van der Waals surface area contributed by atoms with Crippen molar-refractivity contribution in [2.45, 2.75) is 117 Å². The number of carbonyl (C=O) groups excluding carboxylic acids is 3. The number of hydrogen-bond acceptors (Lipinski definition) is 6. The lowest BCUT2D eigenvalue weighted by atomic mass is 9.32. The van der Waals surface area contributed by atoms with Crippen molar-refractivity contribution in [2.75, 3.05) is 7.11 Å². The highest BCUT2D eigenvalue weighted by Gasteiger charge is 2.75. The molecule has 6 fully saturated rings. The van der Waals surface area contributed by atoms with Crippen LogP contribution in [0.5, 0.6) is 0 Å². The molecule has 8 nitrogen and oxygen atoms in total. The first-order valence-electron chi connectivity index (χ1n) is 17.5. The molecule has 5 aliphatic carbocycles. The molecule has 0 radical (unpaired) electrons. The van der Waals surface area contributed by atoms with Crippen molar-refractivity contribution in [3.8, 4) is 0 Å². The fourth-order valence-electron chi connectivity index (χ4n) is 13.1. The average Bonchev–Trinajstić information content (AvgIpc) is 3.67. The van der Waals surface area contributed by atoms with Gasteiger partial charge in [0.25, 0.3) is 0 Å². The fourth-order valence-corrected chi connectivity index (χ4v) is 13.1. The standard InChI is InChI=1S/C37H53N3O5/c1-21(2)23-10-15-37(31(42)40-25(30(41)44-7)18-22-19-38-20-39-22)17-16-34(4)24(29(23)37)8-9-26-33(3)13-12-28-36(6,32(43)45-28)27(33)11-14-35(26,34)5/h19-20,23-29H,1,8-18H2,2-7H3,(H,38,39)(H,40,42)/t23-,24+,25-,26+,27+,28+,29+,33+,34+,35+,36-,37-/m0/s1. The topological polar surface area (TPSA) is 110 Å². The Hall–Kier alpha value is -2.64. The number of hydrogen-bond donors (Lipinski definition) is 2. The van der Waals surface area contributed by atoms with E-state index in [1.165, 1.54) is 12.7 Å². The summed E-state index contributed by atoms with van der Waals surface area (Å²) >= 11 is 0. The molecule has 7 rings (SSSR count). The van der Waals surface area contributed by atoms with E-state index in [-0.39, 0.29) is 51.5 Å². The van der Waals surface area contributed by atoms with Gasteiger partial charge in [-0.25, -0.2) is 9.78 Å². The van der Waals surface area contributed by atoms with Gasteiger partial charge in [-0.05, 0) is 124 Å². The fraction of sp³-hybridized carbons (Fsp3) is 0.784. The Kier molecular flexibility index (Phi) is 7.01. The first-order valence-corrected chi connectivity index (χ1v) is 17.5. The van der Waals surface area contributed by atoms with Gasteiger partial charge in [0.15, 0.2) is 0 Å². The monoisotopic (exact) mass is 619 g/mol. The van der Waals surface area contributed by atoms with Crippen LogP contribution in [-0.4, -0.2) is 47.1 Å². The average molecular weight is 620 g/mol. The van der Waals surface area contributed by atoms with Crippen molar-refractivity contribution < 1.29 is 23.9 Å². The first-order chi connectivity index (χ1) is 21.3. The second-order valence-corrected chi connectivity index (χ2v) is 16.9. The molecular weight excluding hydrogens is 566 g/mol. The van der Waals surface area contributed by atoms with E-state index in [1.807, 2.05) is 0 Å². The number of nitrogens with one attached hydrogen (secondary N) is 2. The van der Waals surface area contributed by atoms with Crippen molar-refractivity contribution in [1.82, 2.24) is 15.3 Å².